The fraction of sp³-hybridized carbons (Fsp3) is 0.286. The maximum absolute atomic E-state index is 11.1. The van der Waals surface area contributed by atoms with Gasteiger partial charge in [-0.05, 0) is 4.92 Å². The minimum Gasteiger partial charge on any atom is -0.480 e. The third-order valence-electron chi connectivity index (χ3n) is 1.56. The number of nitro groups is 1. The molecule has 0 unspecified atom stereocenters. The van der Waals surface area contributed by atoms with Gasteiger partial charge in [-0.3, -0.25) is 9.59 Å². The van der Waals surface area contributed by atoms with Crippen LogP contribution in [0, 0.1) is 10.1 Å². The van der Waals surface area contributed by atoms with Crippen molar-refractivity contribution in [2.75, 3.05) is 6.54 Å². The molecule has 1 rings (SSSR count). The van der Waals surface area contributed by atoms with Gasteiger partial charge in [-0.1, -0.05) is 0 Å². The Hall–Kier alpha value is -2.45. The first-order valence-electron chi connectivity index (χ1n) is 4.15. The van der Waals surface area contributed by atoms with Crippen molar-refractivity contribution in [3.8, 4) is 0 Å². The second kappa shape index (κ2) is 4.87. The highest BCUT2D eigenvalue weighted by Crippen LogP contribution is 2.04. The fourth-order valence-corrected chi connectivity index (χ4v) is 0.914. The third kappa shape index (κ3) is 3.36. The number of carboxylic acid groups (broad SMARTS) is 1. The zero-order valence-corrected chi connectivity index (χ0v) is 7.99. The summed E-state index contributed by atoms with van der Waals surface area (Å²) in [7, 11) is 0. The predicted molar refractivity (Wildman–Crippen MR) is 49.5 cm³/mol. The van der Waals surface area contributed by atoms with Gasteiger partial charge in [0.25, 0.3) is 0 Å². The van der Waals surface area contributed by atoms with Gasteiger partial charge in [0, 0.05) is 0 Å². The van der Waals surface area contributed by atoms with Crippen molar-refractivity contribution >= 4 is 17.7 Å². The molecule has 0 aromatic carbocycles. The van der Waals surface area contributed by atoms with Gasteiger partial charge in [-0.25, -0.2) is 0 Å². The van der Waals surface area contributed by atoms with Crippen LogP contribution in [0.15, 0.2) is 12.3 Å². The summed E-state index contributed by atoms with van der Waals surface area (Å²) < 4.78 is 1.05. The molecule has 1 aromatic rings. The lowest BCUT2D eigenvalue weighted by atomic mass is 10.5. The van der Waals surface area contributed by atoms with E-state index < -0.39 is 23.3 Å². The Balaban J connectivity index is 2.49. The first-order valence-corrected chi connectivity index (χ1v) is 4.15. The molecular weight excluding hydrogens is 220 g/mol. The summed E-state index contributed by atoms with van der Waals surface area (Å²) in [5.74, 6) is -2.12. The third-order valence-corrected chi connectivity index (χ3v) is 1.56. The summed E-state index contributed by atoms with van der Waals surface area (Å²) in [6.07, 6.45) is 1.26. The zero-order valence-electron chi connectivity index (χ0n) is 7.99. The lowest BCUT2D eigenvalue weighted by Gasteiger charge is -1.99. The Kier molecular flexibility index (Phi) is 3.53. The molecule has 0 saturated carbocycles. The minimum atomic E-state index is -1.17. The molecule has 0 bridgehead atoms. The standard InChI is InChI=1S/C7H8N4O5/c12-6(8-3-7(13)14)4-10-2-1-5(9-10)11(15)16/h1-2H,3-4H2,(H,8,12)(H,13,14). The molecular formula is C7H8N4O5. The van der Waals surface area contributed by atoms with Crippen molar-refractivity contribution in [3.05, 3.63) is 22.4 Å². The Labute approximate surface area is 88.8 Å². The maximum atomic E-state index is 11.1. The number of hydrogen-bond acceptors (Lipinski definition) is 5. The molecule has 0 radical (unpaired) electrons. The zero-order chi connectivity index (χ0) is 12.1. The molecule has 1 aromatic heterocycles. The molecule has 9 nitrogen and oxygen atoms in total. The van der Waals surface area contributed by atoms with Gasteiger partial charge in [0.2, 0.25) is 5.91 Å². The van der Waals surface area contributed by atoms with E-state index in [4.69, 9.17) is 5.11 Å². The number of carbonyl (C=O) groups is 2. The second-order valence-electron chi connectivity index (χ2n) is 2.80. The number of aromatic nitrogens is 2. The number of hydrogen-bond donors (Lipinski definition) is 2. The van der Waals surface area contributed by atoms with Crippen LogP contribution in [0.5, 0.6) is 0 Å². The molecule has 86 valence electrons. The lowest BCUT2D eigenvalue weighted by molar-refractivity contribution is -0.389. The van der Waals surface area contributed by atoms with E-state index in [1.165, 1.54) is 6.20 Å². The van der Waals surface area contributed by atoms with Crippen molar-refractivity contribution in [1.29, 1.82) is 0 Å². The number of amides is 1. The molecule has 0 atom stereocenters. The van der Waals surface area contributed by atoms with Crippen molar-refractivity contribution < 1.29 is 19.6 Å². The van der Waals surface area contributed by atoms with Crippen LogP contribution in [-0.4, -0.2) is 38.2 Å². The Morgan fingerprint density at radius 3 is 2.81 bits per heavy atom. The Bertz CT molecular complexity index is 426. The molecule has 16 heavy (non-hydrogen) atoms. The number of nitrogens with one attached hydrogen (secondary N) is 1. The van der Waals surface area contributed by atoms with E-state index in [1.54, 1.807) is 0 Å². The molecule has 0 fully saturated rings. The molecule has 1 amide bonds. The van der Waals surface area contributed by atoms with Gasteiger partial charge in [0.15, 0.2) is 0 Å². The highest BCUT2D eigenvalue weighted by molar-refractivity contribution is 5.80. The number of carboxylic acids is 1. The summed E-state index contributed by atoms with van der Waals surface area (Å²) in [6, 6.07) is 1.14. The number of aliphatic carboxylic acids is 1. The largest absolute Gasteiger partial charge is 0.480 e. The van der Waals surface area contributed by atoms with Crippen LogP contribution in [0.1, 0.15) is 0 Å². The summed E-state index contributed by atoms with van der Waals surface area (Å²) >= 11 is 0. The average molecular weight is 228 g/mol. The SMILES string of the molecule is O=C(O)CNC(=O)Cn1ccc([N+](=O)[O-])n1. The van der Waals surface area contributed by atoms with Crippen LogP contribution in [0.4, 0.5) is 5.82 Å². The molecule has 1 heterocycles. The summed E-state index contributed by atoms with van der Waals surface area (Å²) in [4.78, 5) is 30.8. The van der Waals surface area contributed by atoms with E-state index in [2.05, 4.69) is 10.4 Å². The van der Waals surface area contributed by atoms with Gasteiger partial charge in [0.1, 0.15) is 13.1 Å². The quantitative estimate of drug-likeness (QED) is 0.491. The van der Waals surface area contributed by atoms with E-state index in [-0.39, 0.29) is 12.4 Å². The van der Waals surface area contributed by atoms with E-state index in [0.29, 0.717) is 0 Å². The highest BCUT2D eigenvalue weighted by atomic mass is 16.6. The molecule has 0 aliphatic heterocycles. The smallest absolute Gasteiger partial charge is 0.389 e. The number of nitrogens with zero attached hydrogens (tertiary/aromatic N) is 3. The van der Waals surface area contributed by atoms with Crippen molar-refractivity contribution in [2.45, 2.75) is 6.54 Å². The van der Waals surface area contributed by atoms with Crippen molar-refractivity contribution in [3.63, 3.8) is 0 Å². The monoisotopic (exact) mass is 228 g/mol. The predicted octanol–water partition coefficient (Wildman–Crippen LogP) is -1.01. The van der Waals surface area contributed by atoms with E-state index in [0.717, 1.165) is 10.7 Å². The topological polar surface area (TPSA) is 127 Å². The van der Waals surface area contributed by atoms with Gasteiger partial charge in [-0.15, -0.1) is 0 Å². The second-order valence-corrected chi connectivity index (χ2v) is 2.80. The molecule has 9 heteroatoms. The van der Waals surface area contributed by atoms with Gasteiger partial charge in [-0.2, -0.15) is 4.68 Å². The van der Waals surface area contributed by atoms with Crippen LogP contribution in [0.2, 0.25) is 0 Å². The Morgan fingerprint density at radius 1 is 1.62 bits per heavy atom. The van der Waals surface area contributed by atoms with E-state index >= 15 is 0 Å². The molecule has 0 spiro atoms. The van der Waals surface area contributed by atoms with Crippen LogP contribution in [0.25, 0.3) is 0 Å². The maximum Gasteiger partial charge on any atom is 0.389 e. The fourth-order valence-electron chi connectivity index (χ4n) is 0.914. The molecule has 2 N–H and O–H groups in total. The summed E-state index contributed by atoms with van der Waals surface area (Å²) in [5.41, 5.74) is 0. The highest BCUT2D eigenvalue weighted by Gasteiger charge is 2.13. The molecule has 0 aliphatic carbocycles. The van der Waals surface area contributed by atoms with Crippen LogP contribution >= 0.6 is 0 Å². The van der Waals surface area contributed by atoms with Gasteiger partial charge >= 0.3 is 11.8 Å². The normalized spacial score (nSPS) is 9.75. The summed E-state index contributed by atoms with van der Waals surface area (Å²) in [6.45, 7) is -0.761. The van der Waals surface area contributed by atoms with E-state index in [9.17, 15) is 19.7 Å². The van der Waals surface area contributed by atoms with E-state index in [1.807, 2.05) is 0 Å². The van der Waals surface area contributed by atoms with Gasteiger partial charge < -0.3 is 20.5 Å². The van der Waals surface area contributed by atoms with Crippen LogP contribution in [0.3, 0.4) is 0 Å². The molecule has 0 aliphatic rings. The van der Waals surface area contributed by atoms with Crippen LogP contribution in [-0.2, 0) is 16.1 Å². The van der Waals surface area contributed by atoms with Crippen molar-refractivity contribution in [1.82, 2.24) is 15.1 Å². The summed E-state index contributed by atoms with van der Waals surface area (Å²) in [5, 5.41) is 24.1. The van der Waals surface area contributed by atoms with Crippen molar-refractivity contribution in [2.24, 2.45) is 0 Å². The average Bonchev–Trinajstić information content (AvgIpc) is 2.63. The Morgan fingerprint density at radius 2 is 2.31 bits per heavy atom. The minimum absolute atomic E-state index is 0.263. The van der Waals surface area contributed by atoms with Crippen LogP contribution < -0.4 is 5.32 Å². The van der Waals surface area contributed by atoms with Gasteiger partial charge in [0.05, 0.1) is 17.4 Å². The number of rotatable bonds is 5. The number of carbonyl (C=O) groups excluding carboxylic acids is 1. The lowest BCUT2D eigenvalue weighted by Crippen LogP contribution is -2.32. The first kappa shape index (κ1) is 11.6. The molecule has 0 saturated heterocycles. The first-order chi connectivity index (χ1) is 7.49.